The van der Waals surface area contributed by atoms with Crippen LogP contribution in [0.5, 0.6) is 0 Å². The Bertz CT molecular complexity index is 1210. The summed E-state index contributed by atoms with van der Waals surface area (Å²) in [5.74, 6) is -2.94. The summed E-state index contributed by atoms with van der Waals surface area (Å²) < 4.78 is 26.8. The van der Waals surface area contributed by atoms with Gasteiger partial charge < -0.3 is 9.80 Å². The van der Waals surface area contributed by atoms with Crippen molar-refractivity contribution in [3.8, 4) is 11.1 Å². The molecule has 0 spiro atoms. The molecule has 1 fully saturated rings. The highest BCUT2D eigenvalue weighted by molar-refractivity contribution is 6.02. The molecule has 0 unspecified atom stereocenters. The van der Waals surface area contributed by atoms with Crippen molar-refractivity contribution in [2.75, 3.05) is 20.1 Å². The Morgan fingerprint density at radius 1 is 1.06 bits per heavy atom. The molecule has 2 amide bonds. The fraction of sp³-hybridized carbons (Fsp3) is 0.292. The number of para-hydroxylation sites is 1. The number of benzene rings is 2. The molecule has 5 rings (SSSR count). The fourth-order valence-electron chi connectivity index (χ4n) is 4.36. The molecule has 2 aromatic carbocycles. The van der Waals surface area contributed by atoms with Gasteiger partial charge in [0.05, 0.1) is 11.1 Å². The number of pyridine rings is 1. The number of hydrogen-bond acceptors (Lipinski definition) is 3. The summed E-state index contributed by atoms with van der Waals surface area (Å²) in [5.41, 5.74) is 4.73. The Morgan fingerprint density at radius 2 is 1.84 bits per heavy atom. The smallest absolute Gasteiger partial charge is 0.255 e. The second kappa shape index (κ2) is 7.11. The first-order chi connectivity index (χ1) is 14.8. The van der Waals surface area contributed by atoms with Crippen LogP contribution in [0, 0.1) is 0 Å². The molecule has 31 heavy (non-hydrogen) atoms. The summed E-state index contributed by atoms with van der Waals surface area (Å²) >= 11 is 0. The van der Waals surface area contributed by atoms with Gasteiger partial charge in [0.2, 0.25) is 0 Å². The molecule has 0 atom stereocenters. The van der Waals surface area contributed by atoms with E-state index in [0.29, 0.717) is 12.1 Å². The Hall–Kier alpha value is -3.35. The van der Waals surface area contributed by atoms with Gasteiger partial charge in [-0.3, -0.25) is 14.6 Å². The zero-order valence-corrected chi connectivity index (χ0v) is 17.1. The third-order valence-corrected chi connectivity index (χ3v) is 6.14. The largest absolute Gasteiger partial charge is 0.338 e. The minimum Gasteiger partial charge on any atom is -0.338 e. The molecule has 2 aliphatic heterocycles. The van der Waals surface area contributed by atoms with E-state index in [1.54, 1.807) is 18.0 Å². The van der Waals surface area contributed by atoms with Crippen LogP contribution in [0.3, 0.4) is 0 Å². The Kier molecular flexibility index (Phi) is 4.50. The van der Waals surface area contributed by atoms with Gasteiger partial charge in [0.15, 0.2) is 0 Å². The van der Waals surface area contributed by atoms with E-state index in [9.17, 15) is 18.4 Å². The molecular weight excluding hydrogens is 400 g/mol. The van der Waals surface area contributed by atoms with Crippen LogP contribution in [0.2, 0.25) is 0 Å². The molecule has 158 valence electrons. The standard InChI is InChI=1S/C24H21F2N3O2/c1-28-14-18-11-15(5-6-20(18)23(28)31)19-4-2-3-16-12-17(13-27-21(16)19)22(30)29-9-7-24(25,26)8-10-29/h2-6,11-13H,7-10,14H2,1H3. The number of nitrogens with zero attached hydrogens (tertiary/aromatic N) is 3. The van der Waals surface area contributed by atoms with E-state index in [2.05, 4.69) is 4.98 Å². The lowest BCUT2D eigenvalue weighted by Crippen LogP contribution is -2.42. The molecule has 0 bridgehead atoms. The molecule has 7 heteroatoms. The highest BCUT2D eigenvalue weighted by atomic mass is 19.3. The lowest BCUT2D eigenvalue weighted by atomic mass is 9.97. The molecule has 1 aromatic heterocycles. The summed E-state index contributed by atoms with van der Waals surface area (Å²) in [4.78, 5) is 32.7. The van der Waals surface area contributed by atoms with Crippen LogP contribution in [-0.2, 0) is 6.54 Å². The summed E-state index contributed by atoms with van der Waals surface area (Å²) in [7, 11) is 1.78. The number of rotatable bonds is 2. The third kappa shape index (κ3) is 3.44. The normalized spacial score (nSPS) is 17.8. The van der Waals surface area contributed by atoms with E-state index >= 15 is 0 Å². The molecule has 3 heterocycles. The molecular formula is C24H21F2N3O2. The van der Waals surface area contributed by atoms with Crippen molar-refractivity contribution in [3.63, 3.8) is 0 Å². The maximum absolute atomic E-state index is 13.4. The topological polar surface area (TPSA) is 53.5 Å². The van der Waals surface area contributed by atoms with Crippen molar-refractivity contribution in [2.45, 2.75) is 25.3 Å². The van der Waals surface area contributed by atoms with Crippen LogP contribution in [0.15, 0.2) is 48.7 Å². The van der Waals surface area contributed by atoms with Gasteiger partial charge >= 0.3 is 0 Å². The number of hydrogen-bond donors (Lipinski definition) is 0. The maximum atomic E-state index is 13.4. The number of amides is 2. The van der Waals surface area contributed by atoms with Gasteiger partial charge in [-0.1, -0.05) is 24.3 Å². The second-order valence-corrected chi connectivity index (χ2v) is 8.28. The highest BCUT2D eigenvalue weighted by Gasteiger charge is 2.35. The van der Waals surface area contributed by atoms with Gasteiger partial charge in [-0.25, -0.2) is 8.78 Å². The quantitative estimate of drug-likeness (QED) is 0.618. The predicted octanol–water partition coefficient (Wildman–Crippen LogP) is 4.36. The van der Waals surface area contributed by atoms with E-state index in [1.165, 1.54) is 11.1 Å². The molecule has 3 aromatic rings. The van der Waals surface area contributed by atoms with Gasteiger partial charge in [0.1, 0.15) is 0 Å². The number of likely N-dealkylation sites (tertiary alicyclic amines) is 1. The van der Waals surface area contributed by atoms with E-state index in [0.717, 1.165) is 33.2 Å². The van der Waals surface area contributed by atoms with Crippen molar-refractivity contribution in [1.29, 1.82) is 0 Å². The van der Waals surface area contributed by atoms with Crippen molar-refractivity contribution in [3.05, 3.63) is 65.4 Å². The van der Waals surface area contributed by atoms with E-state index in [1.807, 2.05) is 36.4 Å². The zero-order valence-electron chi connectivity index (χ0n) is 17.1. The van der Waals surface area contributed by atoms with E-state index in [-0.39, 0.29) is 37.7 Å². The first-order valence-corrected chi connectivity index (χ1v) is 10.3. The molecule has 5 nitrogen and oxygen atoms in total. The summed E-state index contributed by atoms with van der Waals surface area (Å²) in [6.07, 6.45) is 0.908. The Labute approximate surface area is 178 Å². The number of halogens is 2. The number of piperidine rings is 1. The minimum absolute atomic E-state index is 0.0243. The van der Waals surface area contributed by atoms with E-state index < -0.39 is 5.92 Å². The summed E-state index contributed by atoms with van der Waals surface area (Å²) in [6.45, 7) is 0.673. The van der Waals surface area contributed by atoms with Gasteiger partial charge in [-0.05, 0) is 29.3 Å². The van der Waals surface area contributed by atoms with Crippen LogP contribution in [0.1, 0.15) is 39.1 Å². The van der Waals surface area contributed by atoms with E-state index in [4.69, 9.17) is 0 Å². The lowest BCUT2D eigenvalue weighted by Gasteiger charge is -2.31. The Balaban J connectivity index is 1.47. The SMILES string of the molecule is CN1Cc2cc(-c3cccc4cc(C(=O)N5CCC(F)(F)CC5)cnc34)ccc2C1=O. The van der Waals surface area contributed by atoms with Crippen molar-refractivity contribution >= 4 is 22.7 Å². The predicted molar refractivity (Wildman–Crippen MR) is 113 cm³/mol. The molecule has 2 aliphatic rings. The monoisotopic (exact) mass is 421 g/mol. The maximum Gasteiger partial charge on any atom is 0.255 e. The van der Waals surface area contributed by atoms with Crippen molar-refractivity contribution in [1.82, 2.24) is 14.8 Å². The number of carbonyl (C=O) groups excluding carboxylic acids is 2. The lowest BCUT2D eigenvalue weighted by molar-refractivity contribution is -0.0494. The van der Waals surface area contributed by atoms with Crippen LogP contribution in [-0.4, -0.2) is 52.7 Å². The minimum atomic E-state index is -2.69. The number of fused-ring (bicyclic) bond motifs is 2. The van der Waals surface area contributed by atoms with Crippen LogP contribution in [0.4, 0.5) is 8.78 Å². The van der Waals surface area contributed by atoms with Crippen molar-refractivity contribution < 1.29 is 18.4 Å². The second-order valence-electron chi connectivity index (χ2n) is 8.28. The van der Waals surface area contributed by atoms with Crippen LogP contribution < -0.4 is 0 Å². The molecule has 0 radical (unpaired) electrons. The summed E-state index contributed by atoms with van der Waals surface area (Å²) in [6, 6.07) is 13.3. The average molecular weight is 421 g/mol. The first-order valence-electron chi connectivity index (χ1n) is 10.3. The summed E-state index contributed by atoms with van der Waals surface area (Å²) in [5, 5.41) is 0.805. The number of alkyl halides is 2. The number of aromatic nitrogens is 1. The number of carbonyl (C=O) groups is 2. The molecule has 0 saturated carbocycles. The highest BCUT2D eigenvalue weighted by Crippen LogP contribution is 2.32. The van der Waals surface area contributed by atoms with Gasteiger partial charge in [0.25, 0.3) is 17.7 Å². The fourth-order valence-corrected chi connectivity index (χ4v) is 4.36. The molecule has 0 aliphatic carbocycles. The van der Waals surface area contributed by atoms with Gasteiger partial charge in [-0.2, -0.15) is 0 Å². The van der Waals surface area contributed by atoms with Crippen molar-refractivity contribution in [2.24, 2.45) is 0 Å². The molecule has 1 saturated heterocycles. The van der Waals surface area contributed by atoms with Crippen LogP contribution >= 0.6 is 0 Å². The Morgan fingerprint density at radius 3 is 2.61 bits per heavy atom. The first kappa shape index (κ1) is 19.6. The van der Waals surface area contributed by atoms with Gasteiger partial charge in [-0.15, -0.1) is 0 Å². The van der Waals surface area contributed by atoms with Gasteiger partial charge in [0, 0.05) is 62.2 Å². The molecule has 0 N–H and O–H groups in total. The average Bonchev–Trinajstić information content (AvgIpc) is 3.05. The third-order valence-electron chi connectivity index (χ3n) is 6.14. The zero-order chi connectivity index (χ0) is 21.8. The van der Waals surface area contributed by atoms with Crippen LogP contribution in [0.25, 0.3) is 22.0 Å².